The SMILES string of the molecule is CC1=C[C@@]2(C)CCC3C(CC(Cl)=C4CC(=O)CC[C@@]43C)C2C1. The Balaban J connectivity index is 1.74. The molecule has 0 aromatic heterocycles. The zero-order valence-electron chi connectivity index (χ0n) is 14.0. The summed E-state index contributed by atoms with van der Waals surface area (Å²) in [6.45, 7) is 7.17. The lowest BCUT2D eigenvalue weighted by molar-refractivity contribution is -0.122. The quantitative estimate of drug-likeness (QED) is 0.528. The van der Waals surface area contributed by atoms with E-state index in [-0.39, 0.29) is 5.41 Å². The van der Waals surface area contributed by atoms with E-state index in [2.05, 4.69) is 26.8 Å². The smallest absolute Gasteiger partial charge is 0.137 e. The van der Waals surface area contributed by atoms with E-state index in [9.17, 15) is 4.79 Å². The Morgan fingerprint density at radius 1 is 1.18 bits per heavy atom. The van der Waals surface area contributed by atoms with E-state index in [0.717, 1.165) is 36.1 Å². The second-order valence-corrected chi connectivity index (χ2v) is 9.29. The lowest BCUT2D eigenvalue weighted by atomic mass is 9.48. The van der Waals surface area contributed by atoms with Crippen molar-refractivity contribution in [2.75, 3.05) is 0 Å². The molecule has 2 fully saturated rings. The number of carbonyl (C=O) groups is 1. The van der Waals surface area contributed by atoms with Crippen LogP contribution in [0, 0.1) is 28.6 Å². The average Bonchev–Trinajstić information content (AvgIpc) is 2.76. The van der Waals surface area contributed by atoms with Crippen molar-refractivity contribution in [1.82, 2.24) is 0 Å². The number of rotatable bonds is 0. The van der Waals surface area contributed by atoms with E-state index in [4.69, 9.17) is 11.6 Å². The van der Waals surface area contributed by atoms with Gasteiger partial charge in [0.15, 0.2) is 0 Å². The van der Waals surface area contributed by atoms with E-state index in [1.807, 2.05) is 0 Å². The fourth-order valence-corrected chi connectivity index (χ4v) is 6.89. The number of carbonyl (C=O) groups excluding carboxylic acids is 1. The highest BCUT2D eigenvalue weighted by molar-refractivity contribution is 6.30. The Bertz CT molecular complexity index is 601. The van der Waals surface area contributed by atoms with Crippen LogP contribution in [0.25, 0.3) is 0 Å². The molecule has 0 radical (unpaired) electrons. The molecule has 0 amide bonds. The third kappa shape index (κ3) is 1.94. The van der Waals surface area contributed by atoms with E-state index in [1.165, 1.54) is 24.8 Å². The Hall–Kier alpha value is -0.560. The number of allylic oxidation sites excluding steroid dienone is 4. The fourth-order valence-electron chi connectivity index (χ4n) is 6.43. The third-order valence-electron chi connectivity index (χ3n) is 7.54. The van der Waals surface area contributed by atoms with Gasteiger partial charge in [-0.05, 0) is 73.2 Å². The van der Waals surface area contributed by atoms with Crippen molar-refractivity contribution in [3.05, 3.63) is 22.3 Å². The minimum Gasteiger partial charge on any atom is -0.299 e. The van der Waals surface area contributed by atoms with Crippen LogP contribution >= 0.6 is 11.6 Å². The molecule has 0 saturated heterocycles. The first kappa shape index (κ1) is 15.0. The van der Waals surface area contributed by atoms with Gasteiger partial charge in [0.2, 0.25) is 0 Å². The first-order valence-corrected chi connectivity index (χ1v) is 9.29. The average molecular weight is 319 g/mol. The van der Waals surface area contributed by atoms with Crippen LogP contribution in [-0.4, -0.2) is 5.78 Å². The molecule has 2 heteroatoms. The fraction of sp³-hybridized carbons (Fsp3) is 0.750. The van der Waals surface area contributed by atoms with Gasteiger partial charge in [-0.1, -0.05) is 37.1 Å². The molecule has 0 spiro atoms. The molecule has 1 nitrogen and oxygen atoms in total. The molecular weight excluding hydrogens is 292 g/mol. The summed E-state index contributed by atoms with van der Waals surface area (Å²) in [6.07, 6.45) is 9.84. The zero-order chi connectivity index (χ0) is 15.7. The molecule has 22 heavy (non-hydrogen) atoms. The van der Waals surface area contributed by atoms with Gasteiger partial charge >= 0.3 is 0 Å². The molecule has 0 aliphatic heterocycles. The maximum absolute atomic E-state index is 11.9. The van der Waals surface area contributed by atoms with Crippen LogP contribution in [0.15, 0.2) is 22.3 Å². The van der Waals surface area contributed by atoms with Crippen LogP contribution in [0.3, 0.4) is 0 Å². The first-order valence-electron chi connectivity index (χ1n) is 8.91. The van der Waals surface area contributed by atoms with Gasteiger partial charge in [0, 0.05) is 17.9 Å². The number of fused-ring (bicyclic) bond motifs is 5. The van der Waals surface area contributed by atoms with Crippen molar-refractivity contribution >= 4 is 17.4 Å². The summed E-state index contributed by atoms with van der Waals surface area (Å²) >= 11 is 6.75. The Kier molecular flexibility index (Phi) is 3.22. The Morgan fingerprint density at radius 3 is 2.73 bits per heavy atom. The van der Waals surface area contributed by atoms with E-state index in [0.29, 0.717) is 23.5 Å². The van der Waals surface area contributed by atoms with Crippen LogP contribution in [0.2, 0.25) is 0 Å². The molecular formula is C20H27ClO. The standard InChI is InChI=1S/C20H27ClO/c1-12-8-16-14-10-18(21)17-9-13(22)4-7-20(17,3)15(14)5-6-19(16,2)11-12/h11,14-16H,4-10H2,1-3H3/t14?,15?,16?,19-,20-/m1/s1. The molecule has 0 N–H and O–H groups in total. The van der Waals surface area contributed by atoms with Crippen molar-refractivity contribution in [3.8, 4) is 0 Å². The lowest BCUT2D eigenvalue weighted by Crippen LogP contribution is -2.49. The third-order valence-corrected chi connectivity index (χ3v) is 7.92. The number of hydrogen-bond acceptors (Lipinski definition) is 1. The van der Waals surface area contributed by atoms with Crippen LogP contribution in [0.1, 0.15) is 65.7 Å². The highest BCUT2D eigenvalue weighted by Gasteiger charge is 2.56. The number of halogens is 1. The van der Waals surface area contributed by atoms with E-state index >= 15 is 0 Å². The van der Waals surface area contributed by atoms with Crippen molar-refractivity contribution in [2.24, 2.45) is 28.6 Å². The predicted octanol–water partition coefficient (Wildman–Crippen LogP) is 5.64. The molecule has 4 aliphatic rings. The summed E-state index contributed by atoms with van der Waals surface area (Å²) in [5.41, 5.74) is 3.45. The number of ketones is 1. The molecule has 0 heterocycles. The second kappa shape index (κ2) is 4.72. The summed E-state index contributed by atoms with van der Waals surface area (Å²) in [7, 11) is 0. The molecule has 0 bridgehead atoms. The van der Waals surface area contributed by atoms with E-state index in [1.54, 1.807) is 5.57 Å². The minimum atomic E-state index is 0.186. The van der Waals surface area contributed by atoms with Crippen LogP contribution in [0.4, 0.5) is 0 Å². The zero-order valence-corrected chi connectivity index (χ0v) is 14.8. The number of hydrogen-bond donors (Lipinski definition) is 0. The van der Waals surface area contributed by atoms with Gasteiger partial charge in [-0.2, -0.15) is 0 Å². The molecule has 0 aromatic rings. The molecule has 0 aromatic carbocycles. The molecule has 2 saturated carbocycles. The maximum Gasteiger partial charge on any atom is 0.137 e. The molecule has 120 valence electrons. The minimum absolute atomic E-state index is 0.186. The molecule has 5 atom stereocenters. The highest BCUT2D eigenvalue weighted by Crippen LogP contribution is 2.65. The molecule has 3 unspecified atom stereocenters. The largest absolute Gasteiger partial charge is 0.299 e. The summed E-state index contributed by atoms with van der Waals surface area (Å²) in [5, 5.41) is 1.03. The van der Waals surface area contributed by atoms with E-state index < -0.39 is 0 Å². The predicted molar refractivity (Wildman–Crippen MR) is 90.6 cm³/mol. The van der Waals surface area contributed by atoms with Gasteiger partial charge in [0.25, 0.3) is 0 Å². The van der Waals surface area contributed by atoms with Crippen LogP contribution in [-0.2, 0) is 4.79 Å². The van der Waals surface area contributed by atoms with Gasteiger partial charge < -0.3 is 0 Å². The van der Waals surface area contributed by atoms with Crippen molar-refractivity contribution in [2.45, 2.75) is 65.7 Å². The van der Waals surface area contributed by atoms with Gasteiger partial charge in [-0.25, -0.2) is 0 Å². The van der Waals surface area contributed by atoms with Crippen LogP contribution < -0.4 is 0 Å². The summed E-state index contributed by atoms with van der Waals surface area (Å²) in [6, 6.07) is 0. The normalized spacial score (nSPS) is 47.7. The number of Topliss-reactive ketones (excluding diaryl/α,β-unsaturated/α-hetero) is 1. The Labute approximate surface area is 139 Å². The Morgan fingerprint density at radius 2 is 1.95 bits per heavy atom. The monoisotopic (exact) mass is 318 g/mol. The molecule has 4 rings (SSSR count). The van der Waals surface area contributed by atoms with Crippen molar-refractivity contribution in [3.63, 3.8) is 0 Å². The molecule has 4 aliphatic carbocycles. The van der Waals surface area contributed by atoms with Gasteiger partial charge in [0.05, 0.1) is 0 Å². The summed E-state index contributed by atoms with van der Waals surface area (Å²) in [5.74, 6) is 2.59. The topological polar surface area (TPSA) is 17.1 Å². The summed E-state index contributed by atoms with van der Waals surface area (Å²) in [4.78, 5) is 11.9. The van der Waals surface area contributed by atoms with Gasteiger partial charge in [-0.15, -0.1) is 0 Å². The van der Waals surface area contributed by atoms with Crippen molar-refractivity contribution < 1.29 is 4.79 Å². The maximum atomic E-state index is 11.9. The first-order chi connectivity index (χ1) is 10.3. The van der Waals surface area contributed by atoms with Gasteiger partial charge in [0.1, 0.15) is 5.78 Å². The highest BCUT2D eigenvalue weighted by atomic mass is 35.5. The van der Waals surface area contributed by atoms with Gasteiger partial charge in [-0.3, -0.25) is 4.79 Å². The second-order valence-electron chi connectivity index (χ2n) is 8.84. The van der Waals surface area contributed by atoms with Crippen LogP contribution in [0.5, 0.6) is 0 Å². The summed E-state index contributed by atoms with van der Waals surface area (Å²) < 4.78 is 0. The lowest BCUT2D eigenvalue weighted by Gasteiger charge is -2.57. The van der Waals surface area contributed by atoms with Crippen molar-refractivity contribution in [1.29, 1.82) is 0 Å².